The van der Waals surface area contributed by atoms with E-state index in [1.54, 1.807) is 12.1 Å². The van der Waals surface area contributed by atoms with Crippen LogP contribution in [0.4, 0.5) is 4.39 Å². The number of nitrogens with zero attached hydrogens (tertiary/aromatic N) is 2. The van der Waals surface area contributed by atoms with E-state index in [1.165, 1.54) is 6.07 Å². The van der Waals surface area contributed by atoms with Gasteiger partial charge in [-0.2, -0.15) is 0 Å². The Morgan fingerprint density at radius 2 is 1.71 bits per heavy atom. The van der Waals surface area contributed by atoms with E-state index in [0.29, 0.717) is 0 Å². The number of carboxylic acid groups (broad SMARTS) is 1. The average molecular weight is 284 g/mol. The predicted octanol–water partition coefficient (Wildman–Crippen LogP) is 3.26. The third-order valence-electron chi connectivity index (χ3n) is 2.88. The van der Waals surface area contributed by atoms with Crippen molar-refractivity contribution in [2.45, 2.75) is 0 Å². The van der Waals surface area contributed by atoms with Gasteiger partial charge in [-0.15, -0.1) is 0 Å². The summed E-state index contributed by atoms with van der Waals surface area (Å²) < 4.78 is 18.1. The van der Waals surface area contributed by atoms with Crippen LogP contribution < -0.4 is 4.74 Å². The van der Waals surface area contributed by atoms with Crippen LogP contribution in [0.3, 0.4) is 0 Å². The van der Waals surface area contributed by atoms with E-state index in [0.717, 1.165) is 23.2 Å². The maximum absolute atomic E-state index is 12.8. The molecule has 21 heavy (non-hydrogen) atoms. The van der Waals surface area contributed by atoms with Gasteiger partial charge in [0.1, 0.15) is 11.3 Å². The van der Waals surface area contributed by atoms with Gasteiger partial charge in [0.05, 0.1) is 12.4 Å². The number of aromatic carboxylic acids is 1. The first-order valence-corrected chi connectivity index (χ1v) is 6.05. The summed E-state index contributed by atoms with van der Waals surface area (Å²) in [5, 5.41) is 10.9. The number of carbonyl (C=O) groups is 1. The number of ether oxygens (including phenoxy) is 1. The highest BCUT2D eigenvalue weighted by atomic mass is 19.1. The van der Waals surface area contributed by atoms with Crippen LogP contribution in [0.25, 0.3) is 10.8 Å². The zero-order valence-electron chi connectivity index (χ0n) is 10.7. The summed E-state index contributed by atoms with van der Waals surface area (Å²) >= 11 is 0. The van der Waals surface area contributed by atoms with Gasteiger partial charge in [0.25, 0.3) is 0 Å². The Hall–Kier alpha value is -3.02. The lowest BCUT2D eigenvalue weighted by Gasteiger charge is -2.08. The Bertz CT molecular complexity index is 819. The first-order valence-electron chi connectivity index (χ1n) is 6.05. The van der Waals surface area contributed by atoms with E-state index in [1.807, 2.05) is 18.2 Å². The molecule has 1 aromatic heterocycles. The zero-order chi connectivity index (χ0) is 14.8. The van der Waals surface area contributed by atoms with Gasteiger partial charge < -0.3 is 9.84 Å². The quantitative estimate of drug-likeness (QED) is 0.799. The number of benzene rings is 2. The Morgan fingerprint density at radius 3 is 2.33 bits per heavy atom. The molecular formula is C15H9FN2O3. The second kappa shape index (κ2) is 5.16. The van der Waals surface area contributed by atoms with Crippen molar-refractivity contribution in [2.24, 2.45) is 0 Å². The molecule has 0 fully saturated rings. The van der Waals surface area contributed by atoms with Crippen LogP contribution in [0.15, 0.2) is 48.8 Å². The van der Waals surface area contributed by atoms with E-state index >= 15 is 0 Å². The molecule has 0 aliphatic heterocycles. The van der Waals surface area contributed by atoms with Crippen LogP contribution in [0.5, 0.6) is 11.8 Å². The van der Waals surface area contributed by atoms with Gasteiger partial charge in [0.15, 0.2) is 5.82 Å². The summed E-state index contributed by atoms with van der Waals surface area (Å²) in [4.78, 5) is 18.6. The van der Waals surface area contributed by atoms with Crippen molar-refractivity contribution >= 4 is 16.7 Å². The minimum absolute atomic E-state index is 0.0124. The largest absolute Gasteiger partial charge is 0.478 e. The van der Waals surface area contributed by atoms with E-state index in [9.17, 15) is 14.3 Å². The van der Waals surface area contributed by atoms with Crippen LogP contribution in [0.2, 0.25) is 0 Å². The van der Waals surface area contributed by atoms with E-state index < -0.39 is 11.8 Å². The smallest absolute Gasteiger partial charge is 0.339 e. The Kier molecular flexibility index (Phi) is 3.19. The highest BCUT2D eigenvalue weighted by Crippen LogP contribution is 2.28. The molecule has 3 aromatic rings. The number of carboxylic acids is 1. The first kappa shape index (κ1) is 13.0. The summed E-state index contributed by atoms with van der Waals surface area (Å²) in [6, 6.07) is 10.3. The number of rotatable bonds is 3. The molecule has 2 aromatic carbocycles. The maximum Gasteiger partial charge on any atom is 0.339 e. The molecule has 0 atom stereocenters. The van der Waals surface area contributed by atoms with E-state index in [2.05, 4.69) is 9.97 Å². The van der Waals surface area contributed by atoms with Crippen molar-refractivity contribution in [1.82, 2.24) is 9.97 Å². The molecule has 0 radical (unpaired) electrons. The molecule has 6 heteroatoms. The number of halogens is 1. The van der Waals surface area contributed by atoms with Gasteiger partial charge in [-0.25, -0.2) is 19.2 Å². The second-order valence-corrected chi connectivity index (χ2v) is 4.29. The van der Waals surface area contributed by atoms with E-state index in [4.69, 9.17) is 4.74 Å². The van der Waals surface area contributed by atoms with Gasteiger partial charge >= 0.3 is 12.0 Å². The van der Waals surface area contributed by atoms with Crippen molar-refractivity contribution in [3.05, 3.63) is 60.2 Å². The van der Waals surface area contributed by atoms with Gasteiger partial charge in [0.2, 0.25) is 0 Å². The minimum atomic E-state index is -1.13. The summed E-state index contributed by atoms with van der Waals surface area (Å²) in [5.41, 5.74) is -0.0124. The number of fused-ring (bicyclic) bond motifs is 1. The molecule has 0 spiro atoms. The Morgan fingerprint density at radius 1 is 1.10 bits per heavy atom. The van der Waals surface area contributed by atoms with Gasteiger partial charge in [-0.3, -0.25) is 0 Å². The molecule has 0 saturated heterocycles. The molecule has 0 saturated carbocycles. The minimum Gasteiger partial charge on any atom is -0.478 e. The molecular weight excluding hydrogens is 275 g/mol. The van der Waals surface area contributed by atoms with Gasteiger partial charge in [-0.05, 0) is 22.9 Å². The molecule has 1 N–H and O–H groups in total. The first-order chi connectivity index (χ1) is 10.1. The molecule has 0 aliphatic rings. The zero-order valence-corrected chi connectivity index (χ0v) is 10.7. The van der Waals surface area contributed by atoms with Gasteiger partial charge in [0, 0.05) is 0 Å². The van der Waals surface area contributed by atoms with Crippen LogP contribution in [0.1, 0.15) is 10.4 Å². The average Bonchev–Trinajstić information content (AvgIpc) is 2.48. The fourth-order valence-corrected chi connectivity index (χ4v) is 1.92. The molecule has 104 valence electrons. The van der Waals surface area contributed by atoms with Crippen molar-refractivity contribution in [1.29, 1.82) is 0 Å². The molecule has 1 heterocycles. The molecule has 0 amide bonds. The molecule has 0 unspecified atom stereocenters. The summed E-state index contributed by atoms with van der Waals surface area (Å²) in [7, 11) is 0. The lowest BCUT2D eigenvalue weighted by atomic mass is 10.1. The topological polar surface area (TPSA) is 72.3 Å². The molecule has 0 bridgehead atoms. The Labute approximate surface area is 118 Å². The van der Waals surface area contributed by atoms with Crippen LogP contribution in [-0.2, 0) is 0 Å². The summed E-state index contributed by atoms with van der Waals surface area (Å²) in [6.45, 7) is 0. The van der Waals surface area contributed by atoms with E-state index in [-0.39, 0.29) is 17.3 Å². The number of hydrogen-bond acceptors (Lipinski definition) is 4. The van der Waals surface area contributed by atoms with Crippen molar-refractivity contribution in [3.63, 3.8) is 0 Å². The maximum atomic E-state index is 12.8. The molecule has 5 nitrogen and oxygen atoms in total. The summed E-state index contributed by atoms with van der Waals surface area (Å²) in [6.07, 6.45) is 1.90. The fourth-order valence-electron chi connectivity index (χ4n) is 1.92. The van der Waals surface area contributed by atoms with Crippen LogP contribution >= 0.6 is 0 Å². The molecule has 3 rings (SSSR count). The lowest BCUT2D eigenvalue weighted by Crippen LogP contribution is -2.02. The highest BCUT2D eigenvalue weighted by Gasteiger charge is 2.14. The van der Waals surface area contributed by atoms with Crippen LogP contribution in [-0.4, -0.2) is 21.0 Å². The van der Waals surface area contributed by atoms with Crippen LogP contribution in [0, 0.1) is 5.82 Å². The van der Waals surface area contributed by atoms with Gasteiger partial charge in [-0.1, -0.05) is 24.3 Å². The SMILES string of the molecule is O=C(O)c1cc2ccccc2cc1Oc1ncc(F)cn1. The summed E-state index contributed by atoms with van der Waals surface area (Å²) in [5.74, 6) is -1.62. The fraction of sp³-hybridized carbons (Fsp3) is 0. The third kappa shape index (κ3) is 2.64. The van der Waals surface area contributed by atoms with Crippen molar-refractivity contribution < 1.29 is 19.0 Å². The number of hydrogen-bond donors (Lipinski definition) is 1. The molecule has 0 aliphatic carbocycles. The third-order valence-corrected chi connectivity index (χ3v) is 2.88. The highest BCUT2D eigenvalue weighted by molar-refractivity contribution is 5.97. The predicted molar refractivity (Wildman–Crippen MR) is 73.0 cm³/mol. The van der Waals surface area contributed by atoms with Crippen molar-refractivity contribution in [2.75, 3.05) is 0 Å². The lowest BCUT2D eigenvalue weighted by molar-refractivity contribution is 0.0694. The number of aromatic nitrogens is 2. The standard InChI is InChI=1S/C15H9FN2O3/c16-11-7-17-15(18-8-11)21-13-6-10-4-2-1-3-9(10)5-12(13)14(19)20/h1-8H,(H,19,20). The second-order valence-electron chi connectivity index (χ2n) is 4.29. The Balaban J connectivity index is 2.09. The normalized spacial score (nSPS) is 10.5. The van der Waals surface area contributed by atoms with Crippen molar-refractivity contribution in [3.8, 4) is 11.8 Å². The monoisotopic (exact) mass is 284 g/mol.